The van der Waals surface area contributed by atoms with Gasteiger partial charge in [0.1, 0.15) is 18.8 Å². The van der Waals surface area contributed by atoms with Gasteiger partial charge in [-0.05, 0) is 40.8 Å². The van der Waals surface area contributed by atoms with E-state index in [2.05, 4.69) is 15.3 Å². The van der Waals surface area contributed by atoms with Crippen LogP contribution in [0.5, 0.6) is 11.6 Å². The monoisotopic (exact) mass is 479 g/mol. The minimum atomic E-state index is -0.699. The van der Waals surface area contributed by atoms with Gasteiger partial charge in [-0.15, -0.1) is 0 Å². The van der Waals surface area contributed by atoms with Crippen molar-refractivity contribution in [3.8, 4) is 11.6 Å². The third-order valence-electron chi connectivity index (χ3n) is 5.00. The molecule has 1 aliphatic heterocycles. The van der Waals surface area contributed by atoms with E-state index in [9.17, 15) is 13.6 Å². The van der Waals surface area contributed by atoms with Gasteiger partial charge in [-0.3, -0.25) is 4.90 Å². The molecule has 0 bridgehead atoms. The molecule has 1 unspecified atom stereocenters. The molecular weight excluding hydrogens is 448 g/mol. The van der Waals surface area contributed by atoms with Gasteiger partial charge in [-0.25, -0.2) is 23.5 Å². The summed E-state index contributed by atoms with van der Waals surface area (Å²) in [6, 6.07) is 3.46. The van der Waals surface area contributed by atoms with Crippen molar-refractivity contribution in [2.45, 2.75) is 45.4 Å². The first-order valence-corrected chi connectivity index (χ1v) is 11.2. The normalized spacial score (nSPS) is 16.0. The second kappa shape index (κ2) is 11.8. The number of amides is 1. The summed E-state index contributed by atoms with van der Waals surface area (Å²) in [5, 5.41) is 2.74. The van der Waals surface area contributed by atoms with Crippen LogP contribution in [0.4, 0.5) is 25.1 Å². The highest BCUT2D eigenvalue weighted by molar-refractivity contribution is 5.68. The maximum absolute atomic E-state index is 14.6. The molecule has 1 amide bonds. The standard InChI is InChI=1S/C23H31F2N5O4/c1-15(2)33-23(31)30-8-6-5-7-22(30)34-21-13-20(26-14-27-21)28-18-11-17(25)19(12-16(18)24)32-10-9-29(3)4/h11-15,22H,5-10H2,1-4H3,(H,26,27,28). The summed E-state index contributed by atoms with van der Waals surface area (Å²) in [6.45, 7) is 4.87. The lowest BCUT2D eigenvalue weighted by molar-refractivity contribution is -0.0163. The Kier molecular flexibility index (Phi) is 8.80. The van der Waals surface area contributed by atoms with Crippen molar-refractivity contribution in [1.29, 1.82) is 0 Å². The van der Waals surface area contributed by atoms with Crippen molar-refractivity contribution >= 4 is 17.6 Å². The lowest BCUT2D eigenvalue weighted by Crippen LogP contribution is -2.47. The van der Waals surface area contributed by atoms with E-state index in [1.54, 1.807) is 13.8 Å². The average Bonchev–Trinajstić information content (AvgIpc) is 2.77. The average molecular weight is 480 g/mol. The zero-order valence-electron chi connectivity index (χ0n) is 19.9. The van der Waals surface area contributed by atoms with E-state index in [1.165, 1.54) is 17.3 Å². The number of nitrogens with zero attached hydrogens (tertiary/aromatic N) is 4. The molecule has 1 aromatic carbocycles. The number of aromatic nitrogens is 2. The molecule has 3 rings (SSSR count). The summed E-state index contributed by atoms with van der Waals surface area (Å²) in [5.74, 6) is -1.16. The maximum atomic E-state index is 14.6. The molecule has 2 aromatic rings. The van der Waals surface area contributed by atoms with E-state index >= 15 is 0 Å². The van der Waals surface area contributed by atoms with E-state index in [1.807, 2.05) is 19.0 Å². The number of likely N-dealkylation sites (tertiary alicyclic amines) is 1. The smallest absolute Gasteiger partial charge is 0.412 e. The van der Waals surface area contributed by atoms with E-state index in [-0.39, 0.29) is 35.8 Å². The topological polar surface area (TPSA) is 89.0 Å². The van der Waals surface area contributed by atoms with Crippen LogP contribution in [-0.2, 0) is 4.74 Å². The molecule has 186 valence electrons. The molecule has 11 heteroatoms. The first-order valence-electron chi connectivity index (χ1n) is 11.2. The molecule has 1 aromatic heterocycles. The van der Waals surface area contributed by atoms with Crippen LogP contribution >= 0.6 is 0 Å². The van der Waals surface area contributed by atoms with Gasteiger partial charge < -0.3 is 24.4 Å². The molecule has 9 nitrogen and oxygen atoms in total. The van der Waals surface area contributed by atoms with Crippen molar-refractivity contribution in [2.75, 3.05) is 39.1 Å². The minimum absolute atomic E-state index is 0.109. The number of nitrogens with one attached hydrogen (secondary N) is 1. The summed E-state index contributed by atoms with van der Waals surface area (Å²) in [4.78, 5) is 23.9. The van der Waals surface area contributed by atoms with Crippen LogP contribution in [-0.4, -0.2) is 72.0 Å². The van der Waals surface area contributed by atoms with Gasteiger partial charge in [0.05, 0.1) is 11.8 Å². The van der Waals surface area contributed by atoms with E-state index in [0.29, 0.717) is 19.5 Å². The largest absolute Gasteiger partial charge is 0.489 e. The second-order valence-electron chi connectivity index (χ2n) is 8.47. The van der Waals surface area contributed by atoms with Gasteiger partial charge in [0.2, 0.25) is 5.88 Å². The Morgan fingerprint density at radius 2 is 2.00 bits per heavy atom. The fourth-order valence-corrected chi connectivity index (χ4v) is 3.32. The Hall–Kier alpha value is -3.21. The number of benzene rings is 1. The Bertz CT molecular complexity index is 976. The highest BCUT2D eigenvalue weighted by Crippen LogP contribution is 2.28. The molecule has 0 aliphatic carbocycles. The predicted molar refractivity (Wildman–Crippen MR) is 122 cm³/mol. The van der Waals surface area contributed by atoms with Crippen LogP contribution < -0.4 is 14.8 Å². The van der Waals surface area contributed by atoms with Crippen LogP contribution in [0.1, 0.15) is 33.1 Å². The third kappa shape index (κ3) is 7.14. The lowest BCUT2D eigenvalue weighted by atomic mass is 10.1. The molecule has 1 saturated heterocycles. The van der Waals surface area contributed by atoms with Crippen molar-refractivity contribution in [3.05, 3.63) is 36.2 Å². The Balaban J connectivity index is 1.68. The number of halogens is 2. The molecule has 1 atom stereocenters. The summed E-state index contributed by atoms with van der Waals surface area (Å²) in [7, 11) is 3.71. The van der Waals surface area contributed by atoms with Crippen LogP contribution in [0.3, 0.4) is 0 Å². The zero-order valence-corrected chi connectivity index (χ0v) is 19.9. The molecule has 1 fully saturated rings. The van der Waals surface area contributed by atoms with Gasteiger partial charge in [0.15, 0.2) is 23.6 Å². The Morgan fingerprint density at radius 1 is 1.21 bits per heavy atom. The van der Waals surface area contributed by atoms with Gasteiger partial charge in [0.25, 0.3) is 0 Å². The number of carbonyl (C=O) groups is 1. The Morgan fingerprint density at radius 3 is 2.74 bits per heavy atom. The SMILES string of the molecule is CC(C)OC(=O)N1CCCCC1Oc1cc(Nc2cc(F)c(OCCN(C)C)cc2F)ncn1. The van der Waals surface area contributed by atoms with E-state index in [0.717, 1.165) is 25.0 Å². The molecule has 1 aliphatic rings. The van der Waals surface area contributed by atoms with E-state index in [4.69, 9.17) is 14.2 Å². The Labute approximate surface area is 198 Å². The van der Waals surface area contributed by atoms with Crippen LogP contribution in [0.25, 0.3) is 0 Å². The van der Waals surface area contributed by atoms with Crippen molar-refractivity contribution < 1.29 is 27.8 Å². The van der Waals surface area contributed by atoms with Crippen molar-refractivity contribution in [1.82, 2.24) is 19.8 Å². The highest BCUT2D eigenvalue weighted by Gasteiger charge is 2.30. The molecule has 2 heterocycles. The highest BCUT2D eigenvalue weighted by atomic mass is 19.1. The molecule has 34 heavy (non-hydrogen) atoms. The predicted octanol–water partition coefficient (Wildman–Crippen LogP) is 4.17. The second-order valence-corrected chi connectivity index (χ2v) is 8.47. The number of anilines is 2. The number of carbonyl (C=O) groups excluding carboxylic acids is 1. The molecular formula is C23H31F2N5O4. The van der Waals surface area contributed by atoms with Crippen LogP contribution in [0.15, 0.2) is 24.5 Å². The number of piperidine rings is 1. The summed E-state index contributed by atoms with van der Waals surface area (Å²) in [5.41, 5.74) is -0.109. The number of rotatable bonds is 9. The number of ether oxygens (including phenoxy) is 3. The van der Waals surface area contributed by atoms with Crippen molar-refractivity contribution in [2.24, 2.45) is 0 Å². The minimum Gasteiger partial charge on any atom is -0.489 e. The maximum Gasteiger partial charge on any atom is 0.412 e. The number of likely N-dealkylation sites (N-methyl/N-ethyl adjacent to an activating group) is 1. The summed E-state index contributed by atoms with van der Waals surface area (Å²) in [6.07, 6.45) is 2.36. The number of hydrogen-bond donors (Lipinski definition) is 1. The third-order valence-corrected chi connectivity index (χ3v) is 5.00. The van der Waals surface area contributed by atoms with Crippen LogP contribution in [0.2, 0.25) is 0 Å². The zero-order chi connectivity index (χ0) is 24.7. The lowest BCUT2D eigenvalue weighted by Gasteiger charge is -2.34. The van der Waals surface area contributed by atoms with E-state index < -0.39 is 24.0 Å². The van der Waals surface area contributed by atoms with Gasteiger partial charge in [-0.1, -0.05) is 0 Å². The van der Waals surface area contributed by atoms with Crippen molar-refractivity contribution in [3.63, 3.8) is 0 Å². The van der Waals surface area contributed by atoms with Gasteiger partial charge >= 0.3 is 6.09 Å². The fourth-order valence-electron chi connectivity index (χ4n) is 3.32. The summed E-state index contributed by atoms with van der Waals surface area (Å²) >= 11 is 0. The molecule has 0 spiro atoms. The van der Waals surface area contributed by atoms with Gasteiger partial charge in [0, 0.05) is 37.7 Å². The summed E-state index contributed by atoms with van der Waals surface area (Å²) < 4.78 is 45.5. The molecule has 0 saturated carbocycles. The van der Waals surface area contributed by atoms with Gasteiger partial charge in [-0.2, -0.15) is 0 Å². The molecule has 1 N–H and O–H groups in total. The first-order chi connectivity index (χ1) is 16.2. The molecule has 0 radical (unpaired) electrons. The first kappa shape index (κ1) is 25.4. The van der Waals surface area contributed by atoms with Crippen LogP contribution in [0, 0.1) is 11.6 Å². The number of hydrogen-bond acceptors (Lipinski definition) is 8. The quantitative estimate of drug-likeness (QED) is 0.573. The fraction of sp³-hybridized carbons (Fsp3) is 0.522.